The summed E-state index contributed by atoms with van der Waals surface area (Å²) in [5.41, 5.74) is 1.07. The molecule has 0 aliphatic heterocycles. The number of rotatable bonds is 8. The Balaban J connectivity index is 2.27. The molecule has 0 fully saturated rings. The zero-order valence-electron chi connectivity index (χ0n) is 11.2. The Kier molecular flexibility index (Phi) is 8.11. The number of unbranched alkanes of at least 4 members (excludes halogenated alkanes) is 3. The molecule has 4 heteroatoms. The van der Waals surface area contributed by atoms with Crippen LogP contribution < -0.4 is 5.32 Å². The zero-order valence-corrected chi connectivity index (χ0v) is 14.3. The molecule has 0 aliphatic rings. The number of aromatic nitrogens is 1. The van der Waals surface area contributed by atoms with E-state index in [1.165, 1.54) is 32.1 Å². The topological polar surface area (TPSA) is 24.9 Å². The summed E-state index contributed by atoms with van der Waals surface area (Å²) in [5, 5.41) is 3.53. The lowest BCUT2D eigenvalue weighted by Crippen LogP contribution is -2.25. The third-order valence-electron chi connectivity index (χ3n) is 2.99. The Bertz CT molecular complexity index is 356. The van der Waals surface area contributed by atoms with Crippen molar-refractivity contribution in [1.82, 2.24) is 10.3 Å². The van der Waals surface area contributed by atoms with E-state index >= 15 is 0 Å². The molecule has 0 saturated heterocycles. The number of hydrogen-bond acceptors (Lipinski definition) is 2. The van der Waals surface area contributed by atoms with Crippen molar-refractivity contribution < 1.29 is 0 Å². The summed E-state index contributed by atoms with van der Waals surface area (Å²) < 4.78 is 2.06. The third-order valence-corrected chi connectivity index (χ3v) is 4.11. The fraction of sp³-hybridized carbons (Fsp3) is 0.643. The van der Waals surface area contributed by atoms with Gasteiger partial charge in [0.05, 0.1) is 5.69 Å². The van der Waals surface area contributed by atoms with Crippen molar-refractivity contribution in [2.45, 2.75) is 58.5 Å². The van der Waals surface area contributed by atoms with E-state index in [0.29, 0.717) is 6.04 Å². The van der Waals surface area contributed by atoms with Gasteiger partial charge in [0, 0.05) is 27.7 Å². The minimum Gasteiger partial charge on any atom is -0.309 e. The van der Waals surface area contributed by atoms with Gasteiger partial charge in [-0.2, -0.15) is 0 Å². The Labute approximate surface area is 127 Å². The molecule has 18 heavy (non-hydrogen) atoms. The molecule has 1 heterocycles. The van der Waals surface area contributed by atoms with Crippen molar-refractivity contribution in [3.8, 4) is 0 Å². The first-order chi connectivity index (χ1) is 8.63. The average molecular weight is 378 g/mol. The molecule has 1 aromatic rings. The second-order valence-electron chi connectivity index (χ2n) is 4.71. The molecule has 0 spiro atoms. The van der Waals surface area contributed by atoms with Crippen molar-refractivity contribution in [2.75, 3.05) is 0 Å². The predicted octanol–water partition coefficient (Wildman–Crippen LogP) is 5.06. The van der Waals surface area contributed by atoms with Crippen LogP contribution in [0.1, 0.15) is 51.6 Å². The highest BCUT2D eigenvalue weighted by Crippen LogP contribution is 2.19. The van der Waals surface area contributed by atoms with Gasteiger partial charge in [-0.25, -0.2) is 0 Å². The van der Waals surface area contributed by atoms with Gasteiger partial charge in [0.25, 0.3) is 0 Å². The minimum atomic E-state index is 0.555. The third kappa shape index (κ3) is 6.30. The Morgan fingerprint density at radius 2 is 2.06 bits per heavy atom. The molecule has 0 aromatic carbocycles. The van der Waals surface area contributed by atoms with Gasteiger partial charge in [-0.1, -0.05) is 32.6 Å². The highest BCUT2D eigenvalue weighted by molar-refractivity contribution is 9.11. The maximum absolute atomic E-state index is 4.40. The van der Waals surface area contributed by atoms with Gasteiger partial charge in [-0.05, 0) is 51.3 Å². The lowest BCUT2D eigenvalue weighted by molar-refractivity contribution is 0.479. The first-order valence-electron chi connectivity index (χ1n) is 6.66. The molecule has 0 aliphatic carbocycles. The molecule has 0 amide bonds. The molecule has 1 rings (SSSR count). The maximum Gasteiger partial charge on any atom is 0.0684 e. The van der Waals surface area contributed by atoms with Gasteiger partial charge in [0.1, 0.15) is 0 Å². The minimum absolute atomic E-state index is 0.555. The summed E-state index contributed by atoms with van der Waals surface area (Å²) in [6.45, 7) is 5.32. The smallest absolute Gasteiger partial charge is 0.0684 e. The molecule has 102 valence electrons. The number of hydrogen-bond donors (Lipinski definition) is 1. The van der Waals surface area contributed by atoms with E-state index in [9.17, 15) is 0 Å². The molecule has 0 radical (unpaired) electrons. The molecule has 0 bridgehead atoms. The van der Waals surface area contributed by atoms with Crippen LogP contribution in [0.15, 0.2) is 21.2 Å². The number of nitrogens with one attached hydrogen (secondary N) is 1. The fourth-order valence-corrected chi connectivity index (χ4v) is 2.95. The summed E-state index contributed by atoms with van der Waals surface area (Å²) in [6, 6.07) is 2.59. The van der Waals surface area contributed by atoms with Gasteiger partial charge in [-0.15, -0.1) is 0 Å². The zero-order chi connectivity index (χ0) is 13.4. The van der Waals surface area contributed by atoms with Crippen LogP contribution in [0.4, 0.5) is 0 Å². The van der Waals surface area contributed by atoms with Crippen LogP contribution >= 0.6 is 31.9 Å². The first-order valence-corrected chi connectivity index (χ1v) is 8.25. The second-order valence-corrected chi connectivity index (χ2v) is 6.48. The van der Waals surface area contributed by atoms with Crippen molar-refractivity contribution in [3.63, 3.8) is 0 Å². The second kappa shape index (κ2) is 9.05. The van der Waals surface area contributed by atoms with Gasteiger partial charge in [0.15, 0.2) is 0 Å². The van der Waals surface area contributed by atoms with E-state index in [-0.39, 0.29) is 0 Å². The van der Waals surface area contributed by atoms with Crippen LogP contribution in [0.5, 0.6) is 0 Å². The van der Waals surface area contributed by atoms with Gasteiger partial charge in [-0.3, -0.25) is 4.98 Å². The maximum atomic E-state index is 4.40. The summed E-state index contributed by atoms with van der Waals surface area (Å²) in [7, 11) is 0. The molecular weight excluding hydrogens is 356 g/mol. The van der Waals surface area contributed by atoms with E-state index in [2.05, 4.69) is 56.0 Å². The average Bonchev–Trinajstić information content (AvgIpc) is 2.33. The van der Waals surface area contributed by atoms with E-state index in [1.54, 1.807) is 0 Å². The van der Waals surface area contributed by atoms with Gasteiger partial charge in [0.2, 0.25) is 0 Å². The summed E-state index contributed by atoms with van der Waals surface area (Å²) >= 11 is 6.95. The Morgan fingerprint density at radius 3 is 2.72 bits per heavy atom. The van der Waals surface area contributed by atoms with Crippen molar-refractivity contribution in [2.24, 2.45) is 0 Å². The van der Waals surface area contributed by atoms with Crippen molar-refractivity contribution in [3.05, 3.63) is 26.9 Å². The quantitative estimate of drug-likeness (QED) is 0.640. The van der Waals surface area contributed by atoms with Gasteiger partial charge >= 0.3 is 0 Å². The highest BCUT2D eigenvalue weighted by Gasteiger charge is 2.05. The number of pyridine rings is 1. The summed E-state index contributed by atoms with van der Waals surface area (Å²) in [4.78, 5) is 4.40. The van der Waals surface area contributed by atoms with Crippen LogP contribution in [-0.2, 0) is 6.54 Å². The number of halogens is 2. The first kappa shape index (κ1) is 16.1. The molecule has 1 unspecified atom stereocenters. The molecule has 1 N–H and O–H groups in total. The molecule has 1 atom stereocenters. The predicted molar refractivity (Wildman–Crippen MR) is 84.7 cm³/mol. The molecular formula is C14H22Br2N2. The summed E-state index contributed by atoms with van der Waals surface area (Å²) in [5.74, 6) is 0. The van der Waals surface area contributed by atoms with Crippen LogP contribution in [0.3, 0.4) is 0 Å². The van der Waals surface area contributed by atoms with E-state index in [1.807, 2.05) is 12.3 Å². The molecule has 2 nitrogen and oxygen atoms in total. The monoisotopic (exact) mass is 376 g/mol. The normalized spacial score (nSPS) is 12.7. The van der Waals surface area contributed by atoms with Crippen molar-refractivity contribution >= 4 is 31.9 Å². The van der Waals surface area contributed by atoms with Gasteiger partial charge < -0.3 is 5.32 Å². The number of nitrogens with zero attached hydrogens (tertiary/aromatic N) is 1. The van der Waals surface area contributed by atoms with E-state index in [4.69, 9.17) is 0 Å². The summed E-state index contributed by atoms with van der Waals surface area (Å²) in [6.07, 6.45) is 8.41. The van der Waals surface area contributed by atoms with E-state index in [0.717, 1.165) is 21.2 Å². The van der Waals surface area contributed by atoms with E-state index < -0.39 is 0 Å². The van der Waals surface area contributed by atoms with Crippen LogP contribution in [0, 0.1) is 0 Å². The van der Waals surface area contributed by atoms with Crippen LogP contribution in [0.2, 0.25) is 0 Å². The standard InChI is InChI=1S/C14H22Br2N2/c1-3-4-5-6-7-11(2)17-10-14-13(16)8-12(15)9-18-14/h8-9,11,17H,3-7,10H2,1-2H3. The lowest BCUT2D eigenvalue weighted by atomic mass is 10.1. The largest absolute Gasteiger partial charge is 0.309 e. The highest BCUT2D eigenvalue weighted by atomic mass is 79.9. The lowest BCUT2D eigenvalue weighted by Gasteiger charge is -2.14. The van der Waals surface area contributed by atoms with Crippen molar-refractivity contribution in [1.29, 1.82) is 0 Å². The molecule has 1 aromatic heterocycles. The Morgan fingerprint density at radius 1 is 1.28 bits per heavy atom. The van der Waals surface area contributed by atoms with Crippen LogP contribution in [0.25, 0.3) is 0 Å². The van der Waals surface area contributed by atoms with Crippen LogP contribution in [-0.4, -0.2) is 11.0 Å². The Hall–Kier alpha value is 0.0700. The fourth-order valence-electron chi connectivity index (χ4n) is 1.82. The molecule has 0 saturated carbocycles. The SMILES string of the molecule is CCCCCCC(C)NCc1ncc(Br)cc1Br.